The molecular formula is C31H26CrO4P2. The van der Waals surface area contributed by atoms with E-state index in [1.807, 2.05) is 0 Å². The van der Waals surface area contributed by atoms with E-state index in [0.717, 1.165) is 0 Å². The van der Waals surface area contributed by atoms with Gasteiger partial charge in [-0.05, 0) is 55.8 Å². The summed E-state index contributed by atoms with van der Waals surface area (Å²) in [5.41, 5.74) is 0. The summed E-state index contributed by atoms with van der Waals surface area (Å²) < 4.78 is 30.0. The normalized spacial score (nSPS) is 8.68. The van der Waals surface area contributed by atoms with Gasteiger partial charge in [0.15, 0.2) is 0 Å². The molecule has 190 valence electrons. The third-order valence-electron chi connectivity index (χ3n) is 5.03. The van der Waals surface area contributed by atoms with Gasteiger partial charge in [-0.15, -0.1) is 0 Å². The zero-order valence-electron chi connectivity index (χ0n) is 20.6. The molecule has 0 aliphatic heterocycles. The maximum absolute atomic E-state index is 7.50. The van der Waals surface area contributed by atoms with Gasteiger partial charge in [0.25, 0.3) is 0 Å². The number of benzene rings is 4. The van der Waals surface area contributed by atoms with Crippen molar-refractivity contribution in [1.29, 1.82) is 0 Å². The average molecular weight is 576 g/mol. The predicted molar refractivity (Wildman–Crippen MR) is 148 cm³/mol. The number of hydrogen-bond donors (Lipinski definition) is 0. The molecule has 4 aromatic carbocycles. The first-order valence-corrected chi connectivity index (χ1v) is 14.0. The van der Waals surface area contributed by atoms with Gasteiger partial charge < -0.3 is 0 Å². The van der Waals surface area contributed by atoms with Gasteiger partial charge in [-0.1, -0.05) is 121 Å². The van der Waals surface area contributed by atoms with E-state index in [-0.39, 0.29) is 33.2 Å². The molecule has 0 spiro atoms. The Morgan fingerprint density at radius 1 is 0.368 bits per heavy atom. The second-order valence-electron chi connectivity index (χ2n) is 7.00. The van der Waals surface area contributed by atoms with Crippen LogP contribution in [-0.4, -0.2) is 12.3 Å². The quantitative estimate of drug-likeness (QED) is 0.151. The van der Waals surface area contributed by atoms with E-state index in [9.17, 15) is 0 Å². The molecule has 4 rings (SSSR count). The SMILES string of the molecule is [C-]#[O+].[C-]#[O+].[C-]#[O+].[C-]#[O+].[Cr].c1ccc(P(CCCP(c2ccccc2)c2ccccc2)c2ccccc2)cc1. The molecule has 4 aromatic rings. The van der Waals surface area contributed by atoms with Crippen LogP contribution in [0.2, 0.25) is 0 Å². The molecule has 0 unspecified atom stereocenters. The Labute approximate surface area is 239 Å². The van der Waals surface area contributed by atoms with Crippen molar-refractivity contribution < 1.29 is 36.0 Å². The minimum absolute atomic E-state index is 0. The van der Waals surface area contributed by atoms with Gasteiger partial charge in [-0.3, -0.25) is 0 Å². The van der Waals surface area contributed by atoms with Crippen LogP contribution >= 0.6 is 15.8 Å². The van der Waals surface area contributed by atoms with Crippen molar-refractivity contribution in [3.8, 4) is 0 Å². The molecule has 0 aliphatic carbocycles. The van der Waals surface area contributed by atoms with Gasteiger partial charge in [0, 0.05) is 17.4 Å². The molecule has 0 atom stereocenters. The zero-order chi connectivity index (χ0) is 27.7. The van der Waals surface area contributed by atoms with Crippen LogP contribution in [0.25, 0.3) is 0 Å². The smallest absolute Gasteiger partial charge is 0 e. The molecular weight excluding hydrogens is 550 g/mol. The van der Waals surface area contributed by atoms with Gasteiger partial charge in [0.2, 0.25) is 0 Å². The van der Waals surface area contributed by atoms with E-state index in [4.69, 9.17) is 18.6 Å². The summed E-state index contributed by atoms with van der Waals surface area (Å²) in [4.78, 5) is 0. The summed E-state index contributed by atoms with van der Waals surface area (Å²) in [5, 5.41) is 5.94. The van der Waals surface area contributed by atoms with E-state index in [0.29, 0.717) is 0 Å². The topological polar surface area (TPSA) is 79.6 Å². The summed E-state index contributed by atoms with van der Waals surface area (Å²) in [7, 11) is -0.618. The van der Waals surface area contributed by atoms with E-state index < -0.39 is 0 Å². The Morgan fingerprint density at radius 2 is 0.553 bits per heavy atom. The summed E-state index contributed by atoms with van der Waals surface area (Å²) >= 11 is 0. The molecule has 0 amide bonds. The molecule has 0 radical (unpaired) electrons. The van der Waals surface area contributed by atoms with Crippen molar-refractivity contribution >= 4 is 37.1 Å². The van der Waals surface area contributed by atoms with Crippen LogP contribution in [0.15, 0.2) is 121 Å². The first-order valence-electron chi connectivity index (χ1n) is 11.0. The average Bonchev–Trinajstić information content (AvgIpc) is 3.03. The van der Waals surface area contributed by atoms with Crippen molar-refractivity contribution in [2.75, 3.05) is 12.3 Å². The molecule has 0 fully saturated rings. The minimum Gasteiger partial charge on any atom is -0.0622 e. The number of hydrogen-bond acceptors (Lipinski definition) is 0. The van der Waals surface area contributed by atoms with E-state index in [1.165, 1.54) is 40.0 Å². The Hall–Kier alpha value is -2.77. The first-order chi connectivity index (χ1) is 18.4. The Balaban J connectivity index is 0. The van der Waals surface area contributed by atoms with Crippen LogP contribution in [0, 0.1) is 26.6 Å². The molecule has 0 saturated carbocycles. The van der Waals surface area contributed by atoms with Gasteiger partial charge in [-0.2, -0.15) is 0 Å². The fourth-order valence-electron chi connectivity index (χ4n) is 3.63. The second kappa shape index (κ2) is 25.9. The third kappa shape index (κ3) is 13.2. The maximum atomic E-state index is 7.50. The summed E-state index contributed by atoms with van der Waals surface area (Å²) in [6, 6.07) is 44.3. The minimum atomic E-state index is -0.309. The summed E-state index contributed by atoms with van der Waals surface area (Å²) in [5.74, 6) is 0. The molecule has 7 heteroatoms. The van der Waals surface area contributed by atoms with E-state index in [2.05, 4.69) is 148 Å². The van der Waals surface area contributed by atoms with Crippen LogP contribution in [0.3, 0.4) is 0 Å². The Morgan fingerprint density at radius 3 is 0.737 bits per heavy atom. The fraction of sp³-hybridized carbons (Fsp3) is 0.0968. The van der Waals surface area contributed by atoms with Crippen molar-refractivity contribution in [3.63, 3.8) is 0 Å². The standard InChI is InChI=1S/C27H26P2.4CO.Cr/c1-5-14-24(15-6-1)28(25-16-7-2-8-17-25)22-13-23-29(26-18-9-3-10-19-26)27-20-11-4-12-21-27;4*1-2;/h1-12,14-21H,13,22-23H2;;;;;. The van der Waals surface area contributed by atoms with Crippen molar-refractivity contribution in [3.05, 3.63) is 148 Å². The molecule has 0 N–H and O–H groups in total. The molecule has 0 saturated heterocycles. The maximum Gasteiger partial charge on any atom is 0 e. The molecule has 0 aliphatic rings. The van der Waals surface area contributed by atoms with Crippen molar-refractivity contribution in [1.82, 2.24) is 0 Å². The predicted octanol–water partition coefficient (Wildman–Crippen LogP) is 5.49. The van der Waals surface area contributed by atoms with E-state index >= 15 is 0 Å². The molecule has 38 heavy (non-hydrogen) atoms. The zero-order valence-corrected chi connectivity index (χ0v) is 23.7. The Kier molecular flexibility index (Phi) is 25.4. The second-order valence-corrected chi connectivity index (χ2v) is 11.7. The van der Waals surface area contributed by atoms with Crippen LogP contribution in [0.1, 0.15) is 6.42 Å². The molecule has 0 aromatic heterocycles. The van der Waals surface area contributed by atoms with Gasteiger partial charge in [0.05, 0.1) is 0 Å². The fourth-order valence-corrected chi connectivity index (χ4v) is 8.59. The van der Waals surface area contributed by atoms with Gasteiger partial charge >= 0.3 is 45.2 Å². The van der Waals surface area contributed by atoms with Crippen LogP contribution in [0.4, 0.5) is 0 Å². The van der Waals surface area contributed by atoms with Gasteiger partial charge in [0.1, 0.15) is 0 Å². The monoisotopic (exact) mass is 576 g/mol. The van der Waals surface area contributed by atoms with Crippen molar-refractivity contribution in [2.45, 2.75) is 6.42 Å². The first kappa shape index (κ1) is 37.4. The number of rotatable bonds is 8. The molecule has 4 nitrogen and oxygen atoms in total. The molecule has 0 heterocycles. The summed E-state index contributed by atoms with van der Waals surface area (Å²) in [6.45, 7) is 18.0. The van der Waals surface area contributed by atoms with E-state index in [1.54, 1.807) is 0 Å². The molecule has 0 bridgehead atoms. The van der Waals surface area contributed by atoms with Crippen molar-refractivity contribution in [2.24, 2.45) is 0 Å². The summed E-state index contributed by atoms with van der Waals surface area (Å²) in [6.07, 6.45) is 3.72. The largest absolute Gasteiger partial charge is 0.0622 e. The van der Waals surface area contributed by atoms with Crippen LogP contribution in [-0.2, 0) is 36.0 Å². The Bertz CT molecular complexity index is 981. The van der Waals surface area contributed by atoms with Crippen LogP contribution < -0.4 is 21.2 Å². The third-order valence-corrected chi connectivity index (χ3v) is 10.2. The van der Waals surface area contributed by atoms with Gasteiger partial charge in [-0.25, -0.2) is 0 Å². The van der Waals surface area contributed by atoms with Crippen LogP contribution in [0.5, 0.6) is 0 Å².